The Hall–Kier alpha value is -2.65. The van der Waals surface area contributed by atoms with Crippen molar-refractivity contribution in [3.8, 4) is 6.07 Å². The quantitative estimate of drug-likeness (QED) is 0.937. The highest BCUT2D eigenvalue weighted by molar-refractivity contribution is 5.92. The number of nitriles is 1. The molecule has 118 valence electrons. The Morgan fingerprint density at radius 2 is 2.26 bits per heavy atom. The number of carbonyl (C=O) groups excluding carboxylic acids is 1. The fourth-order valence-electron chi connectivity index (χ4n) is 2.66. The van der Waals surface area contributed by atoms with Gasteiger partial charge in [-0.05, 0) is 31.0 Å². The highest BCUT2D eigenvalue weighted by Gasteiger charge is 2.24. The van der Waals surface area contributed by atoms with E-state index in [0.29, 0.717) is 31.0 Å². The molecule has 0 spiro atoms. The molecule has 2 aromatic rings. The van der Waals surface area contributed by atoms with E-state index in [0.717, 1.165) is 18.5 Å². The third-order valence-electron chi connectivity index (χ3n) is 3.96. The molecule has 0 unspecified atom stereocenters. The van der Waals surface area contributed by atoms with Crippen LogP contribution in [0.3, 0.4) is 0 Å². The minimum absolute atomic E-state index is 0.0605. The van der Waals surface area contributed by atoms with Gasteiger partial charge in [-0.2, -0.15) is 5.26 Å². The molecule has 1 aliphatic rings. The lowest BCUT2D eigenvalue weighted by Crippen LogP contribution is -2.41. The molecule has 0 radical (unpaired) electrons. The summed E-state index contributed by atoms with van der Waals surface area (Å²) in [4.78, 5) is 21.2. The van der Waals surface area contributed by atoms with Crippen molar-refractivity contribution in [2.24, 2.45) is 0 Å². The van der Waals surface area contributed by atoms with Crippen LogP contribution in [0.2, 0.25) is 0 Å². The first kappa shape index (κ1) is 15.3. The number of piperidine rings is 1. The van der Waals surface area contributed by atoms with E-state index in [1.165, 1.54) is 0 Å². The number of hydrogen-bond donors (Lipinski definition) is 1. The van der Waals surface area contributed by atoms with Crippen molar-refractivity contribution >= 4 is 5.91 Å². The van der Waals surface area contributed by atoms with E-state index < -0.39 is 0 Å². The van der Waals surface area contributed by atoms with Gasteiger partial charge in [0.05, 0.1) is 24.0 Å². The van der Waals surface area contributed by atoms with Crippen LogP contribution in [0.25, 0.3) is 0 Å². The molecule has 0 aromatic carbocycles. The van der Waals surface area contributed by atoms with Gasteiger partial charge < -0.3 is 14.6 Å². The standard InChI is InChI=1S/C17H18N4O2/c18-10-13-9-16(20-11-13)17(22)21-7-4-15(5-8-21)23-12-14-3-1-2-6-19-14/h1-3,6,9,11,15,20H,4-5,7-8,12H2. The maximum absolute atomic E-state index is 12.3. The summed E-state index contributed by atoms with van der Waals surface area (Å²) in [6, 6.07) is 9.37. The third kappa shape index (κ3) is 3.76. The average Bonchev–Trinajstić information content (AvgIpc) is 3.10. The van der Waals surface area contributed by atoms with E-state index in [1.807, 2.05) is 24.3 Å². The van der Waals surface area contributed by atoms with E-state index >= 15 is 0 Å². The summed E-state index contributed by atoms with van der Waals surface area (Å²) in [6.07, 6.45) is 5.08. The summed E-state index contributed by atoms with van der Waals surface area (Å²) in [6.45, 7) is 1.82. The molecule has 1 fully saturated rings. The van der Waals surface area contributed by atoms with E-state index in [4.69, 9.17) is 10.00 Å². The largest absolute Gasteiger partial charge is 0.372 e. The lowest BCUT2D eigenvalue weighted by molar-refractivity contribution is -0.00171. The number of aromatic amines is 1. The second-order valence-electron chi connectivity index (χ2n) is 5.54. The maximum Gasteiger partial charge on any atom is 0.270 e. The van der Waals surface area contributed by atoms with Gasteiger partial charge >= 0.3 is 0 Å². The highest BCUT2D eigenvalue weighted by atomic mass is 16.5. The van der Waals surface area contributed by atoms with Gasteiger partial charge in [0.15, 0.2) is 0 Å². The molecule has 1 amide bonds. The van der Waals surface area contributed by atoms with Gasteiger partial charge in [0, 0.05) is 25.5 Å². The Bertz CT molecular complexity index is 697. The predicted molar refractivity (Wildman–Crippen MR) is 83.5 cm³/mol. The summed E-state index contributed by atoms with van der Waals surface area (Å²) < 4.78 is 5.87. The monoisotopic (exact) mass is 310 g/mol. The zero-order chi connectivity index (χ0) is 16.1. The van der Waals surface area contributed by atoms with Gasteiger partial charge in [-0.3, -0.25) is 9.78 Å². The van der Waals surface area contributed by atoms with Gasteiger partial charge in [-0.15, -0.1) is 0 Å². The maximum atomic E-state index is 12.3. The summed E-state index contributed by atoms with van der Waals surface area (Å²) in [5.74, 6) is -0.0605. The molecular weight excluding hydrogens is 292 g/mol. The van der Waals surface area contributed by atoms with E-state index in [9.17, 15) is 4.79 Å². The number of rotatable bonds is 4. The van der Waals surface area contributed by atoms with Crippen LogP contribution in [0.15, 0.2) is 36.7 Å². The number of ether oxygens (including phenoxy) is 1. The first-order chi connectivity index (χ1) is 11.3. The van der Waals surface area contributed by atoms with E-state index in [1.54, 1.807) is 23.4 Å². The lowest BCUT2D eigenvalue weighted by atomic mass is 10.1. The second-order valence-corrected chi connectivity index (χ2v) is 5.54. The zero-order valence-corrected chi connectivity index (χ0v) is 12.7. The average molecular weight is 310 g/mol. The summed E-state index contributed by atoms with van der Waals surface area (Å²) in [7, 11) is 0. The SMILES string of the molecule is N#Cc1c[nH]c(C(=O)N2CCC(OCc3ccccn3)CC2)c1. The van der Waals surface area contributed by atoms with Crippen LogP contribution >= 0.6 is 0 Å². The number of pyridine rings is 1. The van der Waals surface area contributed by atoms with Crippen LogP contribution in [0.5, 0.6) is 0 Å². The molecule has 3 heterocycles. The van der Waals surface area contributed by atoms with Gasteiger partial charge in [0.25, 0.3) is 5.91 Å². The molecule has 1 N–H and O–H groups in total. The highest BCUT2D eigenvalue weighted by Crippen LogP contribution is 2.17. The minimum atomic E-state index is -0.0605. The molecule has 23 heavy (non-hydrogen) atoms. The Morgan fingerprint density at radius 1 is 1.43 bits per heavy atom. The van der Waals surface area contributed by atoms with Crippen LogP contribution in [0.1, 0.15) is 34.6 Å². The number of H-pyrrole nitrogens is 1. The predicted octanol–water partition coefficient (Wildman–Crippen LogP) is 2.10. The van der Waals surface area contributed by atoms with Crippen molar-refractivity contribution in [3.05, 3.63) is 53.6 Å². The summed E-state index contributed by atoms with van der Waals surface area (Å²) in [5.41, 5.74) is 1.86. The molecule has 1 aliphatic heterocycles. The van der Waals surface area contributed by atoms with Crippen LogP contribution in [-0.4, -0.2) is 40.0 Å². The Kier molecular flexibility index (Phi) is 4.69. The number of amides is 1. The van der Waals surface area contributed by atoms with Crippen molar-refractivity contribution in [2.75, 3.05) is 13.1 Å². The molecule has 0 bridgehead atoms. The first-order valence-corrected chi connectivity index (χ1v) is 7.65. The summed E-state index contributed by atoms with van der Waals surface area (Å²) >= 11 is 0. The molecule has 6 heteroatoms. The number of likely N-dealkylation sites (tertiary alicyclic amines) is 1. The molecule has 6 nitrogen and oxygen atoms in total. The van der Waals surface area contributed by atoms with Crippen molar-refractivity contribution in [1.82, 2.24) is 14.9 Å². The fraction of sp³-hybridized carbons (Fsp3) is 0.353. The van der Waals surface area contributed by atoms with E-state index in [2.05, 4.69) is 9.97 Å². The number of carbonyl (C=O) groups is 1. The van der Waals surface area contributed by atoms with Gasteiger partial charge in [-0.1, -0.05) is 6.07 Å². The normalized spacial score (nSPS) is 15.3. The minimum Gasteiger partial charge on any atom is -0.372 e. The van der Waals surface area contributed by atoms with Gasteiger partial charge in [-0.25, -0.2) is 0 Å². The van der Waals surface area contributed by atoms with Crippen LogP contribution in [0, 0.1) is 11.3 Å². The van der Waals surface area contributed by atoms with Gasteiger partial charge in [0.2, 0.25) is 0 Å². The first-order valence-electron chi connectivity index (χ1n) is 7.65. The molecular formula is C17H18N4O2. The van der Waals surface area contributed by atoms with Crippen molar-refractivity contribution < 1.29 is 9.53 Å². The number of hydrogen-bond acceptors (Lipinski definition) is 4. The number of nitrogens with zero attached hydrogens (tertiary/aromatic N) is 3. The smallest absolute Gasteiger partial charge is 0.270 e. The third-order valence-corrected chi connectivity index (χ3v) is 3.96. The van der Waals surface area contributed by atoms with E-state index in [-0.39, 0.29) is 12.0 Å². The lowest BCUT2D eigenvalue weighted by Gasteiger charge is -2.31. The van der Waals surface area contributed by atoms with Crippen LogP contribution < -0.4 is 0 Å². The molecule has 0 atom stereocenters. The second kappa shape index (κ2) is 7.07. The number of nitrogens with one attached hydrogen (secondary N) is 1. The molecule has 3 rings (SSSR count). The van der Waals surface area contributed by atoms with Crippen molar-refractivity contribution in [2.45, 2.75) is 25.6 Å². The zero-order valence-electron chi connectivity index (χ0n) is 12.7. The number of aromatic nitrogens is 2. The molecule has 1 saturated heterocycles. The van der Waals surface area contributed by atoms with Gasteiger partial charge in [0.1, 0.15) is 11.8 Å². The fourth-order valence-corrected chi connectivity index (χ4v) is 2.66. The Morgan fingerprint density at radius 3 is 2.91 bits per heavy atom. The molecule has 0 aliphatic carbocycles. The van der Waals surface area contributed by atoms with Crippen LogP contribution in [-0.2, 0) is 11.3 Å². The van der Waals surface area contributed by atoms with Crippen molar-refractivity contribution in [3.63, 3.8) is 0 Å². The van der Waals surface area contributed by atoms with Crippen molar-refractivity contribution in [1.29, 1.82) is 5.26 Å². The molecule has 0 saturated carbocycles. The summed E-state index contributed by atoms with van der Waals surface area (Å²) in [5, 5.41) is 8.81. The Balaban J connectivity index is 1.48. The topological polar surface area (TPSA) is 82.0 Å². The van der Waals surface area contributed by atoms with Crippen LogP contribution in [0.4, 0.5) is 0 Å². The molecule has 2 aromatic heterocycles. The Labute approximate surface area is 134 Å².